The number of nitrogens with one attached hydrogen (secondary N) is 1. The van der Waals surface area contributed by atoms with Gasteiger partial charge in [-0.05, 0) is 30.2 Å². The number of anilines is 1. The zero-order chi connectivity index (χ0) is 20.6. The van der Waals surface area contributed by atoms with Crippen LogP contribution >= 0.6 is 0 Å². The van der Waals surface area contributed by atoms with E-state index in [0.717, 1.165) is 30.6 Å². The van der Waals surface area contributed by atoms with E-state index in [1.807, 2.05) is 0 Å². The first kappa shape index (κ1) is 19.4. The standard InChI is InChI=1S/C22H25FN4O2/c1-22(2,3)15-8-9-19-17(10-15)20(26-29-19)21(28)25-16-11-24-27(13-16)12-14-6-4-5-7-18(14)23/h4-7,11,13,15H,8-10,12H2,1-3H3,(H,25,28)/t15-/m1/s1. The summed E-state index contributed by atoms with van der Waals surface area (Å²) < 4.78 is 20.8. The molecule has 0 spiro atoms. The largest absolute Gasteiger partial charge is 0.360 e. The van der Waals surface area contributed by atoms with Gasteiger partial charge in [-0.3, -0.25) is 9.48 Å². The maximum Gasteiger partial charge on any atom is 0.278 e. The van der Waals surface area contributed by atoms with Crippen LogP contribution in [0.2, 0.25) is 0 Å². The highest BCUT2D eigenvalue weighted by Gasteiger charge is 2.34. The van der Waals surface area contributed by atoms with Crippen molar-refractivity contribution in [1.29, 1.82) is 0 Å². The number of benzene rings is 1. The van der Waals surface area contributed by atoms with Gasteiger partial charge in [0.1, 0.15) is 11.6 Å². The molecule has 7 heteroatoms. The monoisotopic (exact) mass is 396 g/mol. The number of carbonyl (C=O) groups excluding carboxylic acids is 1. The van der Waals surface area contributed by atoms with Crippen molar-refractivity contribution in [2.24, 2.45) is 11.3 Å². The molecule has 4 rings (SSSR count). The molecule has 0 unspecified atom stereocenters. The molecule has 1 amide bonds. The van der Waals surface area contributed by atoms with Crippen LogP contribution in [0.5, 0.6) is 0 Å². The maximum absolute atomic E-state index is 13.8. The van der Waals surface area contributed by atoms with E-state index in [2.05, 4.69) is 36.3 Å². The number of fused-ring (bicyclic) bond motifs is 1. The molecule has 1 aromatic carbocycles. The zero-order valence-electron chi connectivity index (χ0n) is 16.9. The summed E-state index contributed by atoms with van der Waals surface area (Å²) in [7, 11) is 0. The second-order valence-electron chi connectivity index (χ2n) is 8.71. The Morgan fingerprint density at radius 1 is 1.34 bits per heavy atom. The van der Waals surface area contributed by atoms with Crippen molar-refractivity contribution in [2.45, 2.75) is 46.6 Å². The molecule has 2 aromatic heterocycles. The van der Waals surface area contributed by atoms with Gasteiger partial charge in [-0.1, -0.05) is 44.1 Å². The number of rotatable bonds is 4. The average molecular weight is 396 g/mol. The number of hydrogen-bond donors (Lipinski definition) is 1. The molecular weight excluding hydrogens is 371 g/mol. The van der Waals surface area contributed by atoms with Crippen LogP contribution in [0.25, 0.3) is 0 Å². The van der Waals surface area contributed by atoms with Crippen LogP contribution < -0.4 is 5.32 Å². The molecule has 2 heterocycles. The third-order valence-corrected chi connectivity index (χ3v) is 5.66. The number of hydrogen-bond acceptors (Lipinski definition) is 4. The Morgan fingerprint density at radius 3 is 2.90 bits per heavy atom. The Bertz CT molecular complexity index is 1030. The second-order valence-corrected chi connectivity index (χ2v) is 8.71. The summed E-state index contributed by atoms with van der Waals surface area (Å²) >= 11 is 0. The first-order valence-electron chi connectivity index (χ1n) is 9.86. The molecule has 0 fully saturated rings. The van der Waals surface area contributed by atoms with Crippen LogP contribution in [-0.2, 0) is 19.4 Å². The molecule has 1 aliphatic rings. The summed E-state index contributed by atoms with van der Waals surface area (Å²) in [6.07, 6.45) is 5.85. The normalized spacial score (nSPS) is 16.5. The highest BCUT2D eigenvalue weighted by molar-refractivity contribution is 6.03. The van der Waals surface area contributed by atoms with Crippen LogP contribution in [0, 0.1) is 17.2 Å². The van der Waals surface area contributed by atoms with Gasteiger partial charge < -0.3 is 9.84 Å². The van der Waals surface area contributed by atoms with E-state index in [1.165, 1.54) is 6.07 Å². The molecule has 152 valence electrons. The van der Waals surface area contributed by atoms with E-state index in [-0.39, 0.29) is 23.7 Å². The molecule has 0 saturated heterocycles. The summed E-state index contributed by atoms with van der Waals surface area (Å²) in [6.45, 7) is 6.95. The lowest BCUT2D eigenvalue weighted by Crippen LogP contribution is -2.27. The van der Waals surface area contributed by atoms with Gasteiger partial charge in [0.25, 0.3) is 5.91 Å². The topological polar surface area (TPSA) is 73.0 Å². The first-order valence-corrected chi connectivity index (χ1v) is 9.86. The lowest BCUT2D eigenvalue weighted by molar-refractivity contribution is 0.101. The number of aryl methyl sites for hydroxylation is 1. The van der Waals surface area contributed by atoms with Crippen molar-refractivity contribution >= 4 is 11.6 Å². The molecule has 0 saturated carbocycles. The Balaban J connectivity index is 1.47. The van der Waals surface area contributed by atoms with Gasteiger partial charge in [-0.25, -0.2) is 4.39 Å². The van der Waals surface area contributed by atoms with E-state index in [9.17, 15) is 9.18 Å². The van der Waals surface area contributed by atoms with Crippen LogP contribution in [0.1, 0.15) is 54.6 Å². The van der Waals surface area contributed by atoms with Crippen LogP contribution in [0.3, 0.4) is 0 Å². The number of carbonyl (C=O) groups is 1. The van der Waals surface area contributed by atoms with Crippen LogP contribution in [0.15, 0.2) is 41.2 Å². The lowest BCUT2D eigenvalue weighted by Gasteiger charge is -2.33. The van der Waals surface area contributed by atoms with Gasteiger partial charge in [-0.15, -0.1) is 0 Å². The Labute approximate surface area is 169 Å². The zero-order valence-corrected chi connectivity index (χ0v) is 16.9. The maximum atomic E-state index is 13.8. The molecule has 29 heavy (non-hydrogen) atoms. The first-order chi connectivity index (χ1) is 13.8. The molecular formula is C22H25FN4O2. The molecule has 0 bridgehead atoms. The van der Waals surface area contributed by atoms with E-state index < -0.39 is 0 Å². The molecule has 1 N–H and O–H groups in total. The van der Waals surface area contributed by atoms with Crippen LogP contribution in [-0.4, -0.2) is 20.8 Å². The van der Waals surface area contributed by atoms with Crippen molar-refractivity contribution in [3.8, 4) is 0 Å². The fraction of sp³-hybridized carbons (Fsp3) is 0.409. The lowest BCUT2D eigenvalue weighted by atomic mass is 9.71. The summed E-state index contributed by atoms with van der Waals surface area (Å²) in [5, 5.41) is 11.1. The van der Waals surface area contributed by atoms with Crippen molar-refractivity contribution < 1.29 is 13.7 Å². The molecule has 6 nitrogen and oxygen atoms in total. The number of amides is 1. The van der Waals surface area contributed by atoms with Gasteiger partial charge in [-0.2, -0.15) is 5.10 Å². The molecule has 1 aliphatic carbocycles. The van der Waals surface area contributed by atoms with Gasteiger partial charge in [0, 0.05) is 23.7 Å². The summed E-state index contributed by atoms with van der Waals surface area (Å²) in [4.78, 5) is 12.8. The second kappa shape index (κ2) is 7.46. The highest BCUT2D eigenvalue weighted by atomic mass is 19.1. The van der Waals surface area contributed by atoms with E-state index in [4.69, 9.17) is 4.52 Å². The van der Waals surface area contributed by atoms with E-state index in [1.54, 1.807) is 35.3 Å². The minimum absolute atomic E-state index is 0.163. The fourth-order valence-corrected chi connectivity index (χ4v) is 3.83. The molecule has 3 aromatic rings. The Morgan fingerprint density at radius 2 is 2.14 bits per heavy atom. The van der Waals surface area contributed by atoms with Crippen molar-refractivity contribution in [3.05, 3.63) is 65.1 Å². The predicted octanol–water partition coefficient (Wildman–Crippen LogP) is 4.46. The summed E-state index contributed by atoms with van der Waals surface area (Å²) in [6, 6.07) is 6.56. The number of halogens is 1. The van der Waals surface area contributed by atoms with Crippen LogP contribution in [0.4, 0.5) is 10.1 Å². The Kier molecular flexibility index (Phi) is 4.98. The third-order valence-electron chi connectivity index (χ3n) is 5.66. The fourth-order valence-electron chi connectivity index (χ4n) is 3.83. The quantitative estimate of drug-likeness (QED) is 0.707. The third kappa shape index (κ3) is 4.09. The van der Waals surface area contributed by atoms with Crippen molar-refractivity contribution in [2.75, 3.05) is 5.32 Å². The van der Waals surface area contributed by atoms with Gasteiger partial charge in [0.15, 0.2) is 5.69 Å². The minimum Gasteiger partial charge on any atom is -0.360 e. The molecule has 0 aliphatic heterocycles. The number of nitrogens with zero attached hydrogens (tertiary/aromatic N) is 3. The van der Waals surface area contributed by atoms with Crippen molar-refractivity contribution in [3.63, 3.8) is 0 Å². The number of aromatic nitrogens is 3. The summed E-state index contributed by atoms with van der Waals surface area (Å²) in [5.41, 5.74) is 2.48. The highest BCUT2D eigenvalue weighted by Crippen LogP contribution is 2.38. The minimum atomic E-state index is -0.310. The summed E-state index contributed by atoms with van der Waals surface area (Å²) in [5.74, 6) is 0.696. The molecule has 0 radical (unpaired) electrons. The Hall–Kier alpha value is -2.96. The van der Waals surface area contributed by atoms with Gasteiger partial charge in [0.2, 0.25) is 0 Å². The molecule has 1 atom stereocenters. The van der Waals surface area contributed by atoms with Crippen molar-refractivity contribution in [1.82, 2.24) is 14.9 Å². The average Bonchev–Trinajstić information content (AvgIpc) is 3.29. The van der Waals surface area contributed by atoms with E-state index in [0.29, 0.717) is 22.9 Å². The van der Waals surface area contributed by atoms with Gasteiger partial charge in [0.05, 0.1) is 18.4 Å². The SMILES string of the molecule is CC(C)(C)[C@@H]1CCc2onc(C(=O)Nc3cnn(Cc4ccccc4F)c3)c2C1. The van der Waals surface area contributed by atoms with E-state index >= 15 is 0 Å². The van der Waals surface area contributed by atoms with Gasteiger partial charge >= 0.3 is 0 Å². The smallest absolute Gasteiger partial charge is 0.278 e. The predicted molar refractivity (Wildman–Crippen MR) is 107 cm³/mol.